The van der Waals surface area contributed by atoms with Crippen molar-refractivity contribution in [2.45, 2.75) is 16.4 Å². The quantitative estimate of drug-likeness (QED) is 0.787. The molecule has 0 atom stereocenters. The first kappa shape index (κ1) is 12.0. The molecule has 0 radical (unpaired) electrons. The van der Waals surface area contributed by atoms with E-state index < -0.39 is 0 Å². The molecule has 7 heteroatoms. The Morgan fingerprint density at radius 2 is 2.05 bits per heavy atom. The number of H-pyrrole nitrogens is 1. The van der Waals surface area contributed by atoms with Crippen molar-refractivity contribution >= 4 is 34.1 Å². The summed E-state index contributed by atoms with van der Waals surface area (Å²) in [7, 11) is 0. The lowest BCUT2D eigenvalue weighted by Gasteiger charge is -2.17. The maximum atomic E-state index is 5.57. The standard InChI is InChI=1S/C13H11N3O2S2/c1-7-6-14-13(19-7)20-12-15-8-4-10-11(5-9(8)16-12)18-3-2-17-10/h4-6H,2-3H2,1H3,(H,15,16). The van der Waals surface area contributed by atoms with Gasteiger partial charge in [-0.05, 0) is 18.7 Å². The average Bonchev–Trinajstić information content (AvgIpc) is 3.01. The molecule has 0 saturated carbocycles. The van der Waals surface area contributed by atoms with Gasteiger partial charge in [-0.1, -0.05) is 0 Å². The molecule has 1 N–H and O–H groups in total. The number of nitrogens with one attached hydrogen (secondary N) is 1. The molecule has 0 saturated heterocycles. The van der Waals surface area contributed by atoms with Crippen molar-refractivity contribution in [1.82, 2.24) is 15.0 Å². The Hall–Kier alpha value is -1.73. The van der Waals surface area contributed by atoms with Gasteiger partial charge in [0, 0.05) is 23.2 Å². The van der Waals surface area contributed by atoms with Crippen LogP contribution in [0.4, 0.5) is 0 Å². The molecule has 0 unspecified atom stereocenters. The Morgan fingerprint density at radius 1 is 1.25 bits per heavy atom. The molecule has 1 aromatic carbocycles. The summed E-state index contributed by atoms with van der Waals surface area (Å²) in [5.41, 5.74) is 1.83. The fourth-order valence-corrected chi connectivity index (χ4v) is 3.90. The van der Waals surface area contributed by atoms with Gasteiger partial charge in [-0.25, -0.2) is 9.97 Å². The van der Waals surface area contributed by atoms with Gasteiger partial charge in [0.1, 0.15) is 13.2 Å². The third-order valence-electron chi connectivity index (χ3n) is 2.91. The highest BCUT2D eigenvalue weighted by molar-refractivity contribution is 8.00. The highest BCUT2D eigenvalue weighted by Crippen LogP contribution is 2.36. The molecule has 102 valence electrons. The number of benzene rings is 1. The predicted molar refractivity (Wildman–Crippen MR) is 78.1 cm³/mol. The van der Waals surface area contributed by atoms with E-state index in [1.54, 1.807) is 11.3 Å². The molecule has 2 aromatic heterocycles. The molecule has 0 fully saturated rings. The first-order chi connectivity index (χ1) is 9.78. The van der Waals surface area contributed by atoms with Gasteiger partial charge in [0.05, 0.1) is 11.0 Å². The lowest BCUT2D eigenvalue weighted by molar-refractivity contribution is 0.172. The molecule has 3 aromatic rings. The van der Waals surface area contributed by atoms with E-state index in [4.69, 9.17) is 9.47 Å². The minimum absolute atomic E-state index is 0.586. The van der Waals surface area contributed by atoms with Crippen LogP contribution in [-0.4, -0.2) is 28.2 Å². The average molecular weight is 305 g/mol. The van der Waals surface area contributed by atoms with E-state index in [0.29, 0.717) is 13.2 Å². The van der Waals surface area contributed by atoms with Gasteiger partial charge in [0.25, 0.3) is 0 Å². The van der Waals surface area contributed by atoms with E-state index in [-0.39, 0.29) is 0 Å². The molecule has 20 heavy (non-hydrogen) atoms. The van der Waals surface area contributed by atoms with Crippen molar-refractivity contribution < 1.29 is 9.47 Å². The second-order valence-electron chi connectivity index (χ2n) is 4.39. The summed E-state index contributed by atoms with van der Waals surface area (Å²) in [5, 5.41) is 0.830. The van der Waals surface area contributed by atoms with Crippen LogP contribution in [0, 0.1) is 6.92 Å². The lowest BCUT2D eigenvalue weighted by atomic mass is 10.2. The minimum Gasteiger partial charge on any atom is -0.486 e. The number of rotatable bonds is 2. The maximum Gasteiger partial charge on any atom is 0.173 e. The van der Waals surface area contributed by atoms with E-state index in [0.717, 1.165) is 32.0 Å². The first-order valence-electron chi connectivity index (χ1n) is 6.17. The molecule has 0 amide bonds. The highest BCUT2D eigenvalue weighted by Gasteiger charge is 2.15. The van der Waals surface area contributed by atoms with Crippen molar-refractivity contribution in [3.63, 3.8) is 0 Å². The number of nitrogens with zero attached hydrogens (tertiary/aromatic N) is 2. The Labute approximate surface area is 123 Å². The first-order valence-corrected chi connectivity index (χ1v) is 7.81. The number of imidazole rings is 1. The zero-order valence-corrected chi connectivity index (χ0v) is 12.3. The second-order valence-corrected chi connectivity index (χ2v) is 6.86. The van der Waals surface area contributed by atoms with Crippen molar-refractivity contribution in [2.75, 3.05) is 13.2 Å². The van der Waals surface area contributed by atoms with Crippen LogP contribution >= 0.6 is 23.1 Å². The summed E-state index contributed by atoms with van der Waals surface area (Å²) in [5.74, 6) is 1.53. The third-order valence-corrected chi connectivity index (χ3v) is 4.78. The number of aromatic amines is 1. The van der Waals surface area contributed by atoms with Crippen LogP contribution in [0.25, 0.3) is 11.0 Å². The lowest BCUT2D eigenvalue weighted by Crippen LogP contribution is -2.15. The van der Waals surface area contributed by atoms with Crippen LogP contribution < -0.4 is 9.47 Å². The van der Waals surface area contributed by atoms with Gasteiger partial charge in [-0.15, -0.1) is 11.3 Å². The third kappa shape index (κ3) is 2.12. The molecule has 1 aliphatic heterocycles. The predicted octanol–water partition coefficient (Wildman–Crippen LogP) is 3.25. The summed E-state index contributed by atoms with van der Waals surface area (Å²) in [6, 6.07) is 3.85. The molecule has 0 spiro atoms. The van der Waals surface area contributed by atoms with Gasteiger partial charge in [-0.2, -0.15) is 0 Å². The number of ether oxygens (including phenoxy) is 2. The SMILES string of the molecule is Cc1cnc(Sc2nc3cc4c(cc3[nH]2)OCCO4)s1. The van der Waals surface area contributed by atoms with E-state index in [1.807, 2.05) is 25.3 Å². The molecule has 1 aliphatic rings. The number of fused-ring (bicyclic) bond motifs is 2. The van der Waals surface area contributed by atoms with Crippen molar-refractivity contribution in [3.8, 4) is 11.5 Å². The van der Waals surface area contributed by atoms with Crippen molar-refractivity contribution in [2.24, 2.45) is 0 Å². The Kier molecular flexibility index (Phi) is 2.82. The van der Waals surface area contributed by atoms with Crippen LogP contribution in [0.3, 0.4) is 0 Å². The Balaban J connectivity index is 1.71. The minimum atomic E-state index is 0.586. The van der Waals surface area contributed by atoms with Gasteiger partial charge >= 0.3 is 0 Å². The van der Waals surface area contributed by atoms with E-state index in [2.05, 4.69) is 15.0 Å². The number of hydrogen-bond donors (Lipinski definition) is 1. The fourth-order valence-electron chi connectivity index (χ4n) is 2.04. The van der Waals surface area contributed by atoms with Crippen molar-refractivity contribution in [1.29, 1.82) is 0 Å². The monoisotopic (exact) mass is 305 g/mol. The van der Waals surface area contributed by atoms with Crippen LogP contribution in [0.5, 0.6) is 11.5 Å². The zero-order valence-electron chi connectivity index (χ0n) is 10.7. The zero-order chi connectivity index (χ0) is 13.5. The molecule has 5 nitrogen and oxygen atoms in total. The molecule has 0 aliphatic carbocycles. The molecule has 4 rings (SSSR count). The molecule has 0 bridgehead atoms. The Bertz CT molecular complexity index is 738. The van der Waals surface area contributed by atoms with Crippen molar-refractivity contribution in [3.05, 3.63) is 23.2 Å². The van der Waals surface area contributed by atoms with Gasteiger partial charge in [0.2, 0.25) is 0 Å². The van der Waals surface area contributed by atoms with Gasteiger partial charge in [-0.3, -0.25) is 0 Å². The van der Waals surface area contributed by atoms with E-state index in [9.17, 15) is 0 Å². The smallest absolute Gasteiger partial charge is 0.173 e. The maximum absolute atomic E-state index is 5.57. The largest absolute Gasteiger partial charge is 0.486 e. The number of aryl methyl sites for hydroxylation is 1. The van der Waals surface area contributed by atoms with Crippen LogP contribution in [0.2, 0.25) is 0 Å². The fraction of sp³-hybridized carbons (Fsp3) is 0.231. The summed E-state index contributed by atoms with van der Waals surface area (Å²) in [6.07, 6.45) is 1.87. The summed E-state index contributed by atoms with van der Waals surface area (Å²) in [6.45, 7) is 3.22. The normalized spacial score (nSPS) is 13.8. The summed E-state index contributed by atoms with van der Waals surface area (Å²) < 4.78 is 12.1. The van der Waals surface area contributed by atoms with Crippen LogP contribution in [-0.2, 0) is 0 Å². The number of hydrogen-bond acceptors (Lipinski definition) is 6. The molecular formula is C13H11N3O2S2. The van der Waals surface area contributed by atoms with E-state index in [1.165, 1.54) is 16.6 Å². The number of thiazole rings is 1. The van der Waals surface area contributed by atoms with Gasteiger partial charge < -0.3 is 14.5 Å². The Morgan fingerprint density at radius 3 is 2.80 bits per heavy atom. The van der Waals surface area contributed by atoms with Crippen LogP contribution in [0.15, 0.2) is 27.8 Å². The topological polar surface area (TPSA) is 60.0 Å². The summed E-state index contributed by atoms with van der Waals surface area (Å²) >= 11 is 3.20. The number of aromatic nitrogens is 3. The van der Waals surface area contributed by atoms with Crippen LogP contribution in [0.1, 0.15) is 4.88 Å². The molecular weight excluding hydrogens is 294 g/mol. The molecule has 3 heterocycles. The highest BCUT2D eigenvalue weighted by atomic mass is 32.2. The van der Waals surface area contributed by atoms with Gasteiger partial charge in [0.15, 0.2) is 21.0 Å². The summed E-state index contributed by atoms with van der Waals surface area (Å²) in [4.78, 5) is 13.4. The second kappa shape index (κ2) is 4.68. The van der Waals surface area contributed by atoms with E-state index >= 15 is 0 Å².